The minimum atomic E-state index is -5.12. The van der Waals surface area contributed by atoms with Crippen LogP contribution in [-0.2, 0) is 6.18 Å². The molecule has 1 aromatic heterocycles. The second-order valence-corrected chi connectivity index (χ2v) is 4.22. The van der Waals surface area contributed by atoms with E-state index in [0.717, 1.165) is 4.98 Å². The Hall–Kier alpha value is -2.59. The van der Waals surface area contributed by atoms with E-state index in [2.05, 4.69) is 0 Å². The van der Waals surface area contributed by atoms with Crippen LogP contribution in [0.15, 0.2) is 10.9 Å². The minimum Gasteiger partial charge on any atom is -0.507 e. The number of halogens is 8. The van der Waals surface area contributed by atoms with Crippen LogP contribution in [0, 0.1) is 29.1 Å². The third-order valence-corrected chi connectivity index (χ3v) is 2.78. The Bertz CT molecular complexity index is 827. The molecule has 0 aliphatic rings. The number of rotatable bonds is 1. The number of aromatic amines is 1. The summed E-state index contributed by atoms with van der Waals surface area (Å²) in [7, 11) is 0. The molecular formula is C12H3F8NO2. The van der Waals surface area contributed by atoms with Crippen molar-refractivity contribution < 1.29 is 40.2 Å². The summed E-state index contributed by atoms with van der Waals surface area (Å²) < 4.78 is 104. The molecule has 0 amide bonds. The number of alkyl halides is 3. The highest BCUT2D eigenvalue weighted by Crippen LogP contribution is 2.36. The second-order valence-electron chi connectivity index (χ2n) is 4.22. The Morgan fingerprint density at radius 1 is 0.826 bits per heavy atom. The standard InChI is InChI=1S/C12H3F8NO2/c13-6-5(7(14)9(16)10(17)8(6)15)4-2(22)1-3(12(18,19)20)21-11(4)23/h1H,(H2,21,22,23). The molecule has 11 heteroatoms. The molecule has 0 bridgehead atoms. The van der Waals surface area contributed by atoms with Gasteiger partial charge in [-0.1, -0.05) is 0 Å². The average molecular weight is 345 g/mol. The van der Waals surface area contributed by atoms with Gasteiger partial charge in [0.2, 0.25) is 5.82 Å². The summed E-state index contributed by atoms with van der Waals surface area (Å²) in [6.45, 7) is 0. The molecular weight excluding hydrogens is 342 g/mol. The maximum atomic E-state index is 13.6. The van der Waals surface area contributed by atoms with Crippen LogP contribution in [0.25, 0.3) is 11.1 Å². The third-order valence-electron chi connectivity index (χ3n) is 2.78. The van der Waals surface area contributed by atoms with Crippen molar-refractivity contribution in [3.05, 3.63) is 51.2 Å². The average Bonchev–Trinajstić information content (AvgIpc) is 2.44. The van der Waals surface area contributed by atoms with Gasteiger partial charge in [-0.25, -0.2) is 22.0 Å². The summed E-state index contributed by atoms with van der Waals surface area (Å²) in [6.07, 6.45) is -5.12. The number of aromatic nitrogens is 1. The van der Waals surface area contributed by atoms with E-state index in [-0.39, 0.29) is 6.07 Å². The van der Waals surface area contributed by atoms with Crippen molar-refractivity contribution in [1.82, 2.24) is 4.98 Å². The second kappa shape index (κ2) is 5.25. The Labute approximate surface area is 120 Å². The molecule has 0 radical (unpaired) electrons. The van der Waals surface area contributed by atoms with Gasteiger partial charge in [-0.3, -0.25) is 4.79 Å². The molecule has 1 heterocycles. The van der Waals surface area contributed by atoms with Crippen LogP contribution < -0.4 is 5.56 Å². The minimum absolute atomic E-state index is 0.116. The van der Waals surface area contributed by atoms with Gasteiger partial charge in [-0.2, -0.15) is 13.2 Å². The monoisotopic (exact) mass is 345 g/mol. The number of benzene rings is 1. The van der Waals surface area contributed by atoms with Crippen molar-refractivity contribution >= 4 is 0 Å². The lowest BCUT2D eigenvalue weighted by atomic mass is 10.0. The first-order chi connectivity index (χ1) is 10.5. The number of nitrogens with one attached hydrogen (secondary N) is 1. The highest BCUT2D eigenvalue weighted by molar-refractivity contribution is 5.70. The molecule has 0 aliphatic carbocycles. The van der Waals surface area contributed by atoms with Crippen molar-refractivity contribution in [3.8, 4) is 16.9 Å². The molecule has 2 N–H and O–H groups in total. The van der Waals surface area contributed by atoms with E-state index in [4.69, 9.17) is 0 Å². The highest BCUT2D eigenvalue weighted by Gasteiger charge is 2.35. The van der Waals surface area contributed by atoms with Crippen LogP contribution >= 0.6 is 0 Å². The molecule has 23 heavy (non-hydrogen) atoms. The van der Waals surface area contributed by atoms with Crippen LogP contribution in [0.2, 0.25) is 0 Å². The summed E-state index contributed by atoms with van der Waals surface area (Å²) in [6, 6.07) is -0.116. The first-order valence-electron chi connectivity index (χ1n) is 5.52. The summed E-state index contributed by atoms with van der Waals surface area (Å²) >= 11 is 0. The fraction of sp³-hybridized carbons (Fsp3) is 0.0833. The van der Waals surface area contributed by atoms with Gasteiger partial charge in [-0.05, 0) is 0 Å². The quantitative estimate of drug-likeness (QED) is 0.473. The number of aromatic hydroxyl groups is 1. The predicted octanol–water partition coefficient (Wildman–Crippen LogP) is 3.46. The van der Waals surface area contributed by atoms with Gasteiger partial charge >= 0.3 is 6.18 Å². The fourth-order valence-corrected chi connectivity index (χ4v) is 1.76. The van der Waals surface area contributed by atoms with Crippen LogP contribution in [-0.4, -0.2) is 10.1 Å². The molecule has 3 nitrogen and oxygen atoms in total. The molecule has 2 rings (SSSR count). The van der Waals surface area contributed by atoms with Gasteiger partial charge in [0, 0.05) is 6.07 Å². The fourth-order valence-electron chi connectivity index (χ4n) is 1.76. The Balaban J connectivity index is 2.87. The number of hydrogen-bond donors (Lipinski definition) is 2. The summed E-state index contributed by atoms with van der Waals surface area (Å²) in [5.41, 5.74) is -7.02. The Kier molecular flexibility index (Phi) is 3.83. The SMILES string of the molecule is O=c1[nH]c(C(F)(F)F)cc(O)c1-c1c(F)c(F)c(F)c(F)c1F. The number of H-pyrrole nitrogens is 1. The lowest BCUT2D eigenvalue weighted by Gasteiger charge is -2.12. The maximum Gasteiger partial charge on any atom is 0.431 e. The van der Waals surface area contributed by atoms with E-state index in [0.29, 0.717) is 0 Å². The molecule has 0 aliphatic heterocycles. The van der Waals surface area contributed by atoms with Crippen molar-refractivity contribution in [2.24, 2.45) is 0 Å². The predicted molar refractivity (Wildman–Crippen MR) is 59.0 cm³/mol. The summed E-state index contributed by atoms with van der Waals surface area (Å²) in [5.74, 6) is -13.9. The van der Waals surface area contributed by atoms with Crippen molar-refractivity contribution in [2.45, 2.75) is 6.18 Å². The van der Waals surface area contributed by atoms with E-state index < -0.39 is 63.4 Å². The molecule has 1 aromatic carbocycles. The topological polar surface area (TPSA) is 53.1 Å². The van der Waals surface area contributed by atoms with Gasteiger partial charge in [0.1, 0.15) is 11.4 Å². The molecule has 2 aromatic rings. The van der Waals surface area contributed by atoms with E-state index in [1.54, 1.807) is 0 Å². The zero-order chi connectivity index (χ0) is 17.7. The Morgan fingerprint density at radius 2 is 1.26 bits per heavy atom. The maximum absolute atomic E-state index is 13.6. The summed E-state index contributed by atoms with van der Waals surface area (Å²) in [5, 5.41) is 9.40. The van der Waals surface area contributed by atoms with E-state index in [1.165, 1.54) is 0 Å². The highest BCUT2D eigenvalue weighted by atomic mass is 19.4. The summed E-state index contributed by atoms with van der Waals surface area (Å²) in [4.78, 5) is 12.7. The molecule has 0 saturated carbocycles. The van der Waals surface area contributed by atoms with Crippen LogP contribution in [0.3, 0.4) is 0 Å². The number of hydrogen-bond acceptors (Lipinski definition) is 2. The van der Waals surface area contributed by atoms with Gasteiger partial charge in [-0.15, -0.1) is 0 Å². The zero-order valence-corrected chi connectivity index (χ0v) is 10.5. The largest absolute Gasteiger partial charge is 0.507 e. The molecule has 0 saturated heterocycles. The molecule has 0 unspecified atom stereocenters. The van der Waals surface area contributed by atoms with Crippen molar-refractivity contribution in [3.63, 3.8) is 0 Å². The van der Waals surface area contributed by atoms with Gasteiger partial charge in [0.05, 0.1) is 11.1 Å². The zero-order valence-electron chi connectivity index (χ0n) is 10.5. The van der Waals surface area contributed by atoms with Crippen molar-refractivity contribution in [1.29, 1.82) is 0 Å². The molecule has 0 atom stereocenters. The molecule has 124 valence electrons. The van der Waals surface area contributed by atoms with Gasteiger partial charge in [0.15, 0.2) is 23.3 Å². The number of pyridine rings is 1. The first kappa shape index (κ1) is 16.8. The lowest BCUT2D eigenvalue weighted by molar-refractivity contribution is -0.141. The van der Waals surface area contributed by atoms with Crippen LogP contribution in [0.5, 0.6) is 5.75 Å². The molecule has 0 spiro atoms. The van der Waals surface area contributed by atoms with Gasteiger partial charge in [0.25, 0.3) is 5.56 Å². The van der Waals surface area contributed by atoms with Gasteiger partial charge < -0.3 is 10.1 Å². The van der Waals surface area contributed by atoms with E-state index in [1.807, 2.05) is 0 Å². The normalized spacial score (nSPS) is 11.8. The third kappa shape index (κ3) is 2.62. The lowest BCUT2D eigenvalue weighted by Crippen LogP contribution is -2.19. The first-order valence-corrected chi connectivity index (χ1v) is 5.52. The Morgan fingerprint density at radius 3 is 1.65 bits per heavy atom. The van der Waals surface area contributed by atoms with Crippen LogP contribution in [0.1, 0.15) is 5.69 Å². The molecule has 0 fully saturated rings. The van der Waals surface area contributed by atoms with E-state index in [9.17, 15) is 45.0 Å². The van der Waals surface area contributed by atoms with Crippen LogP contribution in [0.4, 0.5) is 35.1 Å². The van der Waals surface area contributed by atoms with E-state index >= 15 is 0 Å². The van der Waals surface area contributed by atoms with Crippen molar-refractivity contribution in [2.75, 3.05) is 0 Å². The smallest absolute Gasteiger partial charge is 0.431 e.